The second-order valence-electron chi connectivity index (χ2n) is 6.46. The smallest absolute Gasteiger partial charge is 0.217 e. The summed E-state index contributed by atoms with van der Waals surface area (Å²) < 4.78 is 11.1. The molecule has 1 saturated heterocycles. The molecular formula is C19H31IN4O3. The van der Waals surface area contributed by atoms with Crippen LogP contribution >= 0.6 is 24.0 Å². The van der Waals surface area contributed by atoms with Crippen LogP contribution in [0.15, 0.2) is 29.3 Å². The quantitative estimate of drug-likeness (QED) is 0.252. The lowest BCUT2D eigenvalue weighted by molar-refractivity contribution is -0.119. The van der Waals surface area contributed by atoms with E-state index in [9.17, 15) is 4.79 Å². The van der Waals surface area contributed by atoms with E-state index in [0.29, 0.717) is 32.1 Å². The van der Waals surface area contributed by atoms with Crippen molar-refractivity contribution in [3.8, 4) is 5.75 Å². The summed E-state index contributed by atoms with van der Waals surface area (Å²) in [6.45, 7) is 3.49. The van der Waals surface area contributed by atoms with E-state index in [1.165, 1.54) is 0 Å². The van der Waals surface area contributed by atoms with E-state index in [0.717, 1.165) is 43.2 Å². The van der Waals surface area contributed by atoms with E-state index in [-0.39, 0.29) is 29.9 Å². The third-order valence-corrected chi connectivity index (χ3v) is 4.50. The fraction of sp³-hybridized carbons (Fsp3) is 0.579. The van der Waals surface area contributed by atoms with Crippen LogP contribution in [-0.2, 0) is 16.1 Å². The van der Waals surface area contributed by atoms with Crippen molar-refractivity contribution in [2.45, 2.75) is 25.9 Å². The number of halogens is 1. The van der Waals surface area contributed by atoms with Gasteiger partial charge in [0.1, 0.15) is 5.75 Å². The van der Waals surface area contributed by atoms with E-state index in [4.69, 9.17) is 15.2 Å². The third-order valence-electron chi connectivity index (χ3n) is 4.50. The van der Waals surface area contributed by atoms with Crippen LogP contribution in [-0.4, -0.2) is 57.2 Å². The van der Waals surface area contributed by atoms with Crippen molar-refractivity contribution in [1.82, 2.24) is 10.2 Å². The van der Waals surface area contributed by atoms with Crippen molar-refractivity contribution < 1.29 is 14.3 Å². The first-order valence-corrected chi connectivity index (χ1v) is 9.07. The Labute approximate surface area is 178 Å². The Bertz CT molecular complexity index is 612. The van der Waals surface area contributed by atoms with Crippen LogP contribution in [0.4, 0.5) is 0 Å². The highest BCUT2D eigenvalue weighted by molar-refractivity contribution is 14.0. The molecule has 0 radical (unpaired) electrons. The first-order chi connectivity index (χ1) is 12.6. The number of benzene rings is 1. The molecule has 0 bridgehead atoms. The number of carbonyl (C=O) groups is 1. The largest absolute Gasteiger partial charge is 0.496 e. The predicted octanol–water partition coefficient (Wildman–Crippen LogP) is 1.99. The van der Waals surface area contributed by atoms with Crippen LogP contribution in [0.25, 0.3) is 0 Å². The van der Waals surface area contributed by atoms with Gasteiger partial charge in [-0.3, -0.25) is 9.79 Å². The minimum Gasteiger partial charge on any atom is -0.496 e. The lowest BCUT2D eigenvalue weighted by Gasteiger charge is -2.34. The van der Waals surface area contributed by atoms with Crippen LogP contribution in [0.1, 0.15) is 24.8 Å². The summed E-state index contributed by atoms with van der Waals surface area (Å²) in [6, 6.07) is 7.84. The Morgan fingerprint density at radius 3 is 2.89 bits per heavy atom. The highest BCUT2D eigenvalue weighted by atomic mass is 127. The van der Waals surface area contributed by atoms with Gasteiger partial charge in [-0.1, -0.05) is 18.2 Å². The number of guanidine groups is 1. The average Bonchev–Trinajstić information content (AvgIpc) is 2.64. The van der Waals surface area contributed by atoms with Gasteiger partial charge in [-0.2, -0.15) is 0 Å². The number of likely N-dealkylation sites (tertiary alicyclic amines) is 1. The number of piperidine rings is 1. The number of carbonyl (C=O) groups excluding carboxylic acids is 1. The molecule has 1 fully saturated rings. The number of nitrogens with one attached hydrogen (secondary N) is 1. The van der Waals surface area contributed by atoms with Crippen LogP contribution in [0.3, 0.4) is 0 Å². The molecule has 7 nitrogen and oxygen atoms in total. The Balaban J connectivity index is 0.00000364. The molecule has 1 aliphatic rings. The first kappa shape index (κ1) is 23.5. The topological polar surface area (TPSA) is 89.2 Å². The summed E-state index contributed by atoms with van der Waals surface area (Å²) in [6.07, 6.45) is 2.52. The molecule has 152 valence electrons. The van der Waals surface area contributed by atoms with Crippen LogP contribution in [0.5, 0.6) is 5.75 Å². The molecular weight excluding hydrogens is 459 g/mol. The molecule has 1 unspecified atom stereocenters. The van der Waals surface area contributed by atoms with E-state index >= 15 is 0 Å². The van der Waals surface area contributed by atoms with E-state index in [2.05, 4.69) is 15.2 Å². The van der Waals surface area contributed by atoms with Crippen LogP contribution in [0.2, 0.25) is 0 Å². The third kappa shape index (κ3) is 7.92. The van der Waals surface area contributed by atoms with Crippen LogP contribution < -0.4 is 15.8 Å². The SMILES string of the molecule is CN=C(NCCOCc1ccccc1OC)N1CCCC(CC(N)=O)C1.I. The Hall–Kier alpha value is -1.55. The molecule has 0 aromatic heterocycles. The number of primary amides is 1. The molecule has 1 amide bonds. The number of nitrogens with two attached hydrogens (primary N) is 1. The summed E-state index contributed by atoms with van der Waals surface area (Å²) in [4.78, 5) is 17.7. The molecule has 0 aliphatic carbocycles. The predicted molar refractivity (Wildman–Crippen MR) is 118 cm³/mol. The number of rotatable bonds is 8. The second kappa shape index (κ2) is 12.8. The molecule has 1 aromatic carbocycles. The Kier molecular flexibility index (Phi) is 11.1. The van der Waals surface area contributed by atoms with Gasteiger partial charge in [0.2, 0.25) is 5.91 Å². The van der Waals surface area contributed by atoms with Crippen molar-refractivity contribution in [1.29, 1.82) is 0 Å². The van der Waals surface area contributed by atoms with Crippen molar-refractivity contribution >= 4 is 35.8 Å². The summed E-state index contributed by atoms with van der Waals surface area (Å²) >= 11 is 0. The van der Waals surface area contributed by atoms with Gasteiger partial charge in [0, 0.05) is 38.7 Å². The number of ether oxygens (including phenoxy) is 2. The fourth-order valence-electron chi connectivity index (χ4n) is 3.28. The molecule has 0 saturated carbocycles. The molecule has 1 heterocycles. The van der Waals surface area contributed by atoms with E-state index in [1.807, 2.05) is 24.3 Å². The molecule has 1 atom stereocenters. The molecule has 1 aromatic rings. The first-order valence-electron chi connectivity index (χ1n) is 9.07. The molecule has 3 N–H and O–H groups in total. The van der Waals surface area contributed by atoms with Gasteiger partial charge < -0.3 is 25.4 Å². The maximum Gasteiger partial charge on any atom is 0.217 e. The summed E-state index contributed by atoms with van der Waals surface area (Å²) in [5, 5.41) is 3.33. The Morgan fingerprint density at radius 2 is 2.19 bits per heavy atom. The van der Waals surface area contributed by atoms with Crippen molar-refractivity contribution in [2.75, 3.05) is 40.4 Å². The summed E-state index contributed by atoms with van der Waals surface area (Å²) in [5.74, 6) is 1.76. The number of hydrogen-bond donors (Lipinski definition) is 2. The normalized spacial score (nSPS) is 17.2. The maximum absolute atomic E-state index is 11.2. The number of methoxy groups -OCH3 is 1. The summed E-state index contributed by atoms with van der Waals surface area (Å²) in [5.41, 5.74) is 6.36. The van der Waals surface area contributed by atoms with Crippen molar-refractivity contribution in [3.63, 3.8) is 0 Å². The van der Waals surface area contributed by atoms with E-state index in [1.54, 1.807) is 14.2 Å². The molecule has 27 heavy (non-hydrogen) atoms. The molecule has 1 aliphatic heterocycles. The number of hydrogen-bond acceptors (Lipinski definition) is 4. The maximum atomic E-state index is 11.2. The zero-order chi connectivity index (χ0) is 18.8. The highest BCUT2D eigenvalue weighted by Crippen LogP contribution is 2.19. The van der Waals surface area contributed by atoms with Crippen LogP contribution in [0, 0.1) is 5.92 Å². The lowest BCUT2D eigenvalue weighted by atomic mass is 9.95. The van der Waals surface area contributed by atoms with Gasteiger partial charge in [-0.05, 0) is 24.8 Å². The average molecular weight is 490 g/mol. The van der Waals surface area contributed by atoms with Gasteiger partial charge in [-0.15, -0.1) is 24.0 Å². The van der Waals surface area contributed by atoms with Gasteiger partial charge in [0.15, 0.2) is 5.96 Å². The molecule has 2 rings (SSSR count). The summed E-state index contributed by atoms with van der Waals surface area (Å²) in [7, 11) is 3.43. The highest BCUT2D eigenvalue weighted by Gasteiger charge is 2.23. The van der Waals surface area contributed by atoms with E-state index < -0.39 is 0 Å². The number of para-hydroxylation sites is 1. The zero-order valence-electron chi connectivity index (χ0n) is 16.1. The Morgan fingerprint density at radius 1 is 1.41 bits per heavy atom. The molecule has 0 spiro atoms. The number of aliphatic imine (C=N–C) groups is 1. The number of nitrogens with zero attached hydrogens (tertiary/aromatic N) is 2. The van der Waals surface area contributed by atoms with Gasteiger partial charge in [-0.25, -0.2) is 0 Å². The van der Waals surface area contributed by atoms with Crippen molar-refractivity contribution in [2.24, 2.45) is 16.6 Å². The minimum absolute atomic E-state index is 0. The van der Waals surface area contributed by atoms with Crippen molar-refractivity contribution in [3.05, 3.63) is 29.8 Å². The zero-order valence-corrected chi connectivity index (χ0v) is 18.5. The lowest BCUT2D eigenvalue weighted by Crippen LogP contribution is -2.47. The van der Waals surface area contributed by atoms with Gasteiger partial charge in [0.05, 0.1) is 20.3 Å². The fourth-order valence-corrected chi connectivity index (χ4v) is 3.28. The minimum atomic E-state index is -0.232. The standard InChI is InChI=1S/C19H30N4O3.HI/c1-21-19(23-10-5-6-15(13-23)12-18(20)24)22-9-11-26-14-16-7-3-4-8-17(16)25-2;/h3-4,7-8,15H,5-6,9-14H2,1-2H3,(H2,20,24)(H,21,22);1H. The van der Waals surface area contributed by atoms with Gasteiger partial charge in [0.25, 0.3) is 0 Å². The second-order valence-corrected chi connectivity index (χ2v) is 6.46. The monoisotopic (exact) mass is 490 g/mol. The number of amides is 1. The van der Waals surface area contributed by atoms with Gasteiger partial charge >= 0.3 is 0 Å². The molecule has 8 heteroatoms.